The first-order valence-corrected chi connectivity index (χ1v) is 8.94. The zero-order valence-corrected chi connectivity index (χ0v) is 15.9. The van der Waals surface area contributed by atoms with Crippen LogP contribution in [0, 0.1) is 5.41 Å². The van der Waals surface area contributed by atoms with Gasteiger partial charge in [0.25, 0.3) is 0 Å². The zero-order valence-electron chi connectivity index (χ0n) is 15.9. The molecule has 0 fully saturated rings. The molecule has 2 aromatic heterocycles. The lowest BCUT2D eigenvalue weighted by Gasteiger charge is -2.28. The van der Waals surface area contributed by atoms with Crippen molar-refractivity contribution < 1.29 is 22.3 Å². The maximum absolute atomic E-state index is 13.5. The SMILES string of the molecule is CC(C)Oc1cnccc1-c1nc2c(o1)CCC(C)(C)CC(C(F)(F)F)=C2. The van der Waals surface area contributed by atoms with E-state index in [1.165, 1.54) is 0 Å². The number of rotatable bonds is 3. The van der Waals surface area contributed by atoms with E-state index in [2.05, 4.69) is 9.97 Å². The number of aryl methyl sites for hydroxylation is 1. The number of aromatic nitrogens is 2. The van der Waals surface area contributed by atoms with Gasteiger partial charge in [0, 0.05) is 18.2 Å². The second-order valence-corrected chi connectivity index (χ2v) is 7.87. The second kappa shape index (κ2) is 7.02. The lowest BCUT2D eigenvalue weighted by Crippen LogP contribution is -2.22. The summed E-state index contributed by atoms with van der Waals surface area (Å²) in [4.78, 5) is 8.40. The Balaban J connectivity index is 2.07. The predicted molar refractivity (Wildman–Crippen MR) is 96.2 cm³/mol. The number of alkyl halides is 3. The number of pyridine rings is 1. The molecule has 0 aliphatic heterocycles. The Morgan fingerprint density at radius 1 is 1.26 bits per heavy atom. The smallest absolute Gasteiger partial charge is 0.412 e. The Labute approximate surface area is 156 Å². The van der Waals surface area contributed by atoms with Gasteiger partial charge >= 0.3 is 6.18 Å². The molecule has 0 saturated carbocycles. The van der Waals surface area contributed by atoms with Crippen LogP contribution in [0.2, 0.25) is 0 Å². The van der Waals surface area contributed by atoms with E-state index in [0.29, 0.717) is 29.9 Å². The van der Waals surface area contributed by atoms with Gasteiger partial charge in [-0.15, -0.1) is 0 Å². The van der Waals surface area contributed by atoms with Gasteiger partial charge in [0.1, 0.15) is 11.5 Å². The molecule has 7 heteroatoms. The van der Waals surface area contributed by atoms with Crippen molar-refractivity contribution in [2.75, 3.05) is 0 Å². The molecule has 0 radical (unpaired) electrons. The van der Waals surface area contributed by atoms with Crippen LogP contribution in [0.1, 0.15) is 52.0 Å². The first-order valence-electron chi connectivity index (χ1n) is 8.94. The van der Waals surface area contributed by atoms with Crippen LogP contribution in [0.3, 0.4) is 0 Å². The minimum absolute atomic E-state index is 0.0465. The van der Waals surface area contributed by atoms with Crippen LogP contribution >= 0.6 is 0 Å². The molecule has 2 aromatic rings. The molecule has 0 atom stereocenters. The minimum atomic E-state index is -4.40. The average Bonchev–Trinajstić information content (AvgIpc) is 2.92. The molecule has 146 valence electrons. The van der Waals surface area contributed by atoms with E-state index in [1.54, 1.807) is 18.5 Å². The van der Waals surface area contributed by atoms with Gasteiger partial charge in [0.2, 0.25) is 5.89 Å². The Morgan fingerprint density at radius 3 is 2.67 bits per heavy atom. The summed E-state index contributed by atoms with van der Waals surface area (Å²) < 4.78 is 52.0. The predicted octanol–water partition coefficient (Wildman–Crippen LogP) is 5.83. The third-order valence-corrected chi connectivity index (χ3v) is 4.48. The number of ether oxygens (including phenoxy) is 1. The number of hydrogen-bond acceptors (Lipinski definition) is 4. The highest BCUT2D eigenvalue weighted by Crippen LogP contribution is 2.42. The van der Waals surface area contributed by atoms with Crippen LogP contribution in [-0.2, 0) is 6.42 Å². The molecule has 4 nitrogen and oxygen atoms in total. The Hall–Kier alpha value is -2.31. The summed E-state index contributed by atoms with van der Waals surface area (Å²) in [6.45, 7) is 7.44. The molecule has 0 bridgehead atoms. The normalized spacial score (nSPS) is 17.1. The molecule has 3 rings (SSSR count). The van der Waals surface area contributed by atoms with Crippen LogP contribution in [0.4, 0.5) is 13.2 Å². The number of oxazole rings is 1. The standard InChI is InChI=1S/C20H23F3N2O2/c1-12(2)26-17-11-24-8-6-14(17)18-25-15-9-13(20(21,22)23)10-19(3,4)7-5-16(15)27-18/h6,8-9,11-12H,5,7,10H2,1-4H3. The van der Waals surface area contributed by atoms with E-state index in [9.17, 15) is 13.2 Å². The molecule has 27 heavy (non-hydrogen) atoms. The first kappa shape index (κ1) is 19.5. The Kier molecular flexibility index (Phi) is 5.06. The maximum Gasteiger partial charge on any atom is 0.412 e. The number of nitrogens with zero attached hydrogens (tertiary/aromatic N) is 2. The fraction of sp³-hybridized carbons (Fsp3) is 0.500. The molecular weight excluding hydrogens is 357 g/mol. The third kappa shape index (κ3) is 4.51. The van der Waals surface area contributed by atoms with Crippen LogP contribution < -0.4 is 4.74 Å². The summed E-state index contributed by atoms with van der Waals surface area (Å²) in [5, 5.41) is 0. The molecule has 0 saturated heterocycles. The van der Waals surface area contributed by atoms with E-state index in [1.807, 2.05) is 27.7 Å². The summed E-state index contributed by atoms with van der Waals surface area (Å²) in [6.07, 6.45) is 0.828. The zero-order chi connectivity index (χ0) is 19.8. The maximum atomic E-state index is 13.5. The highest BCUT2D eigenvalue weighted by Gasteiger charge is 2.38. The fourth-order valence-corrected chi connectivity index (χ4v) is 3.13. The summed E-state index contributed by atoms with van der Waals surface area (Å²) in [7, 11) is 0. The van der Waals surface area contributed by atoms with Gasteiger partial charge in [0.15, 0.2) is 5.75 Å². The topological polar surface area (TPSA) is 48.2 Å². The molecule has 0 N–H and O–H groups in total. The van der Waals surface area contributed by atoms with Gasteiger partial charge in [-0.3, -0.25) is 4.98 Å². The van der Waals surface area contributed by atoms with Crippen molar-refractivity contribution in [3.8, 4) is 17.2 Å². The van der Waals surface area contributed by atoms with Gasteiger partial charge in [-0.25, -0.2) is 4.98 Å². The highest BCUT2D eigenvalue weighted by molar-refractivity contribution is 5.64. The van der Waals surface area contributed by atoms with Crippen LogP contribution in [0.5, 0.6) is 5.75 Å². The molecule has 1 aliphatic carbocycles. The Morgan fingerprint density at radius 2 is 2.00 bits per heavy atom. The minimum Gasteiger partial charge on any atom is -0.489 e. The second-order valence-electron chi connectivity index (χ2n) is 7.87. The summed E-state index contributed by atoms with van der Waals surface area (Å²) in [5.41, 5.74) is -0.248. The summed E-state index contributed by atoms with van der Waals surface area (Å²) in [5.74, 6) is 1.20. The van der Waals surface area contributed by atoms with E-state index < -0.39 is 17.2 Å². The molecule has 0 amide bonds. The summed E-state index contributed by atoms with van der Waals surface area (Å²) in [6, 6.07) is 1.69. The van der Waals surface area contributed by atoms with Crippen molar-refractivity contribution in [2.24, 2.45) is 5.41 Å². The van der Waals surface area contributed by atoms with Crippen molar-refractivity contribution >= 4 is 6.08 Å². The molecule has 0 aromatic carbocycles. The number of hydrogen-bond donors (Lipinski definition) is 0. The number of fused-ring (bicyclic) bond motifs is 1. The van der Waals surface area contributed by atoms with Gasteiger partial charge in [-0.05, 0) is 44.2 Å². The third-order valence-electron chi connectivity index (χ3n) is 4.48. The van der Waals surface area contributed by atoms with Gasteiger partial charge in [0.05, 0.1) is 17.9 Å². The monoisotopic (exact) mass is 380 g/mol. The number of halogens is 3. The highest BCUT2D eigenvalue weighted by atomic mass is 19.4. The van der Waals surface area contributed by atoms with Crippen molar-refractivity contribution in [1.82, 2.24) is 9.97 Å². The molecule has 2 heterocycles. The lowest BCUT2D eigenvalue weighted by atomic mass is 9.79. The van der Waals surface area contributed by atoms with E-state index in [0.717, 1.165) is 6.08 Å². The van der Waals surface area contributed by atoms with Crippen molar-refractivity contribution in [3.63, 3.8) is 0 Å². The van der Waals surface area contributed by atoms with E-state index in [-0.39, 0.29) is 24.1 Å². The summed E-state index contributed by atoms with van der Waals surface area (Å²) >= 11 is 0. The van der Waals surface area contributed by atoms with Gasteiger partial charge in [-0.2, -0.15) is 13.2 Å². The van der Waals surface area contributed by atoms with Crippen LogP contribution in [0.15, 0.2) is 28.5 Å². The number of allylic oxidation sites excluding steroid dienone is 1. The van der Waals surface area contributed by atoms with Crippen molar-refractivity contribution in [3.05, 3.63) is 35.5 Å². The van der Waals surface area contributed by atoms with Crippen LogP contribution in [-0.4, -0.2) is 22.2 Å². The van der Waals surface area contributed by atoms with Crippen LogP contribution in [0.25, 0.3) is 17.5 Å². The van der Waals surface area contributed by atoms with Crippen molar-refractivity contribution in [2.45, 2.75) is 59.2 Å². The lowest BCUT2D eigenvalue weighted by molar-refractivity contribution is -0.0960. The first-order chi connectivity index (χ1) is 12.5. The van der Waals surface area contributed by atoms with Crippen molar-refractivity contribution in [1.29, 1.82) is 0 Å². The largest absolute Gasteiger partial charge is 0.489 e. The van der Waals surface area contributed by atoms with Gasteiger partial charge in [-0.1, -0.05) is 13.8 Å². The Bertz CT molecular complexity index is 851. The van der Waals surface area contributed by atoms with Gasteiger partial charge < -0.3 is 9.15 Å². The molecule has 0 unspecified atom stereocenters. The fourth-order valence-electron chi connectivity index (χ4n) is 3.13. The molecular formula is C20H23F3N2O2. The molecule has 1 aliphatic rings. The van der Waals surface area contributed by atoms with E-state index in [4.69, 9.17) is 9.15 Å². The molecule has 0 spiro atoms. The van der Waals surface area contributed by atoms with E-state index >= 15 is 0 Å². The average molecular weight is 380 g/mol. The quantitative estimate of drug-likeness (QED) is 0.672.